The fourth-order valence-corrected chi connectivity index (χ4v) is 3.88. The maximum absolute atomic E-state index is 6.48. The zero-order valence-corrected chi connectivity index (χ0v) is 13.7. The Balaban J connectivity index is 1.77. The normalized spacial score (nSPS) is 28.1. The van der Waals surface area contributed by atoms with Gasteiger partial charge in [-0.3, -0.25) is 0 Å². The molecule has 0 amide bonds. The molecule has 3 nitrogen and oxygen atoms in total. The summed E-state index contributed by atoms with van der Waals surface area (Å²) in [6, 6.07) is 0. The van der Waals surface area contributed by atoms with Crippen LogP contribution in [0.4, 0.5) is 0 Å². The minimum atomic E-state index is 0.281. The summed E-state index contributed by atoms with van der Waals surface area (Å²) in [7, 11) is 1.76. The summed E-state index contributed by atoms with van der Waals surface area (Å²) >= 11 is 0. The van der Waals surface area contributed by atoms with E-state index < -0.39 is 0 Å². The molecule has 2 rings (SSSR count). The Bertz CT molecular complexity index is 289. The fraction of sp³-hybridized carbons (Fsp3) is 1.00. The number of nitrogens with one attached hydrogen (secondary N) is 1. The summed E-state index contributed by atoms with van der Waals surface area (Å²) in [5.41, 5.74) is 0.630. The van der Waals surface area contributed by atoms with E-state index in [1.165, 1.54) is 51.4 Å². The molecule has 118 valence electrons. The molecule has 1 heterocycles. The van der Waals surface area contributed by atoms with E-state index in [1.807, 2.05) is 0 Å². The van der Waals surface area contributed by atoms with Gasteiger partial charge in [-0.1, -0.05) is 26.7 Å². The molecule has 1 spiro atoms. The van der Waals surface area contributed by atoms with Gasteiger partial charge in [-0.2, -0.15) is 0 Å². The zero-order valence-electron chi connectivity index (χ0n) is 13.7. The van der Waals surface area contributed by atoms with Gasteiger partial charge in [-0.25, -0.2) is 0 Å². The van der Waals surface area contributed by atoms with E-state index in [1.54, 1.807) is 7.11 Å². The van der Waals surface area contributed by atoms with Gasteiger partial charge in [0.15, 0.2) is 0 Å². The van der Waals surface area contributed by atoms with Crippen molar-refractivity contribution in [2.45, 2.75) is 76.9 Å². The molecule has 1 aliphatic heterocycles. The van der Waals surface area contributed by atoms with Crippen LogP contribution in [-0.4, -0.2) is 38.5 Å². The molecule has 2 aliphatic rings. The number of rotatable bonds is 8. The maximum atomic E-state index is 6.48. The third kappa shape index (κ3) is 4.19. The van der Waals surface area contributed by atoms with E-state index >= 15 is 0 Å². The van der Waals surface area contributed by atoms with Crippen LogP contribution in [0.25, 0.3) is 0 Å². The maximum Gasteiger partial charge on any atom is 0.0687 e. The van der Waals surface area contributed by atoms with Gasteiger partial charge in [0.2, 0.25) is 0 Å². The van der Waals surface area contributed by atoms with Gasteiger partial charge >= 0.3 is 0 Å². The summed E-state index contributed by atoms with van der Waals surface area (Å²) in [4.78, 5) is 0. The van der Waals surface area contributed by atoms with E-state index in [9.17, 15) is 0 Å². The monoisotopic (exact) mass is 283 g/mol. The van der Waals surface area contributed by atoms with Gasteiger partial charge in [-0.15, -0.1) is 0 Å². The highest BCUT2D eigenvalue weighted by atomic mass is 16.5. The molecule has 0 bridgehead atoms. The number of methoxy groups -OCH3 is 1. The second kappa shape index (κ2) is 7.24. The highest BCUT2D eigenvalue weighted by Crippen LogP contribution is 2.45. The Hall–Kier alpha value is -0.120. The molecule has 1 saturated heterocycles. The number of ether oxygens (including phenoxy) is 2. The van der Waals surface area contributed by atoms with Crippen molar-refractivity contribution in [1.29, 1.82) is 0 Å². The smallest absolute Gasteiger partial charge is 0.0687 e. The lowest BCUT2D eigenvalue weighted by molar-refractivity contribution is -0.0522. The molecule has 0 aromatic rings. The minimum Gasteiger partial charge on any atom is -0.383 e. The highest BCUT2D eigenvalue weighted by Gasteiger charge is 2.43. The second-order valence-corrected chi connectivity index (χ2v) is 7.21. The molecular weight excluding hydrogens is 250 g/mol. The first-order valence-electron chi connectivity index (χ1n) is 8.49. The van der Waals surface area contributed by atoms with Crippen LogP contribution in [0.1, 0.15) is 65.2 Å². The van der Waals surface area contributed by atoms with Crippen molar-refractivity contribution in [3.05, 3.63) is 0 Å². The molecule has 2 unspecified atom stereocenters. The van der Waals surface area contributed by atoms with Crippen molar-refractivity contribution in [1.82, 2.24) is 5.32 Å². The van der Waals surface area contributed by atoms with E-state index in [0.29, 0.717) is 11.5 Å². The SMILES string of the molecule is CCC(C)(CNCCOC)CC1CCC2(CCCC2)O1. The summed E-state index contributed by atoms with van der Waals surface area (Å²) < 4.78 is 11.6. The first-order valence-corrected chi connectivity index (χ1v) is 8.49. The summed E-state index contributed by atoms with van der Waals surface area (Å²) in [5.74, 6) is 0. The highest BCUT2D eigenvalue weighted by molar-refractivity contribution is 4.94. The fourth-order valence-electron chi connectivity index (χ4n) is 3.88. The molecule has 2 atom stereocenters. The summed E-state index contributed by atoms with van der Waals surface area (Å²) in [5, 5.41) is 3.53. The molecular formula is C17H33NO2. The van der Waals surface area contributed by atoms with Crippen molar-refractivity contribution in [3.8, 4) is 0 Å². The van der Waals surface area contributed by atoms with Crippen molar-refractivity contribution in [2.75, 3.05) is 26.8 Å². The van der Waals surface area contributed by atoms with E-state index in [4.69, 9.17) is 9.47 Å². The Kier molecular flexibility index (Phi) is 5.88. The molecule has 2 fully saturated rings. The van der Waals surface area contributed by atoms with E-state index in [-0.39, 0.29) is 5.60 Å². The van der Waals surface area contributed by atoms with Crippen LogP contribution in [0.3, 0.4) is 0 Å². The van der Waals surface area contributed by atoms with Gasteiger partial charge in [0, 0.05) is 20.2 Å². The molecule has 1 saturated carbocycles. The lowest BCUT2D eigenvalue weighted by atomic mass is 9.81. The van der Waals surface area contributed by atoms with Crippen molar-refractivity contribution >= 4 is 0 Å². The van der Waals surface area contributed by atoms with Crippen molar-refractivity contribution < 1.29 is 9.47 Å². The van der Waals surface area contributed by atoms with Crippen LogP contribution in [0.15, 0.2) is 0 Å². The quantitative estimate of drug-likeness (QED) is 0.691. The van der Waals surface area contributed by atoms with Crippen LogP contribution in [0, 0.1) is 5.41 Å². The standard InChI is InChI=1S/C17H33NO2/c1-4-16(2,14-18-11-12-19-3)13-15-7-10-17(20-15)8-5-6-9-17/h15,18H,4-14H2,1-3H3. The van der Waals surface area contributed by atoms with Crippen molar-refractivity contribution in [2.24, 2.45) is 5.41 Å². The average Bonchev–Trinajstić information content (AvgIpc) is 3.06. The molecule has 1 aliphatic carbocycles. The van der Waals surface area contributed by atoms with Crippen molar-refractivity contribution in [3.63, 3.8) is 0 Å². The zero-order chi connectivity index (χ0) is 14.5. The number of hydrogen-bond acceptors (Lipinski definition) is 3. The Labute approximate surface area is 124 Å². The summed E-state index contributed by atoms with van der Waals surface area (Å²) in [6.07, 6.45) is 10.8. The third-order valence-electron chi connectivity index (χ3n) is 5.46. The molecule has 1 N–H and O–H groups in total. The summed E-state index contributed by atoms with van der Waals surface area (Å²) in [6.45, 7) is 7.51. The molecule has 0 aromatic heterocycles. The van der Waals surface area contributed by atoms with Gasteiger partial charge in [0.05, 0.1) is 18.3 Å². The van der Waals surface area contributed by atoms with E-state index in [0.717, 1.165) is 19.7 Å². The Morgan fingerprint density at radius 2 is 2.05 bits per heavy atom. The molecule has 20 heavy (non-hydrogen) atoms. The van der Waals surface area contributed by atoms with Crippen LogP contribution in [0.5, 0.6) is 0 Å². The van der Waals surface area contributed by atoms with Crippen LogP contribution in [0.2, 0.25) is 0 Å². The molecule has 3 heteroatoms. The lowest BCUT2D eigenvalue weighted by Gasteiger charge is -2.32. The first-order chi connectivity index (χ1) is 9.61. The predicted octanol–water partition coefficient (Wildman–Crippen LogP) is 3.52. The van der Waals surface area contributed by atoms with E-state index in [2.05, 4.69) is 19.2 Å². The Morgan fingerprint density at radius 3 is 2.70 bits per heavy atom. The van der Waals surface area contributed by atoms with Gasteiger partial charge in [0.25, 0.3) is 0 Å². The second-order valence-electron chi connectivity index (χ2n) is 7.21. The predicted molar refractivity (Wildman–Crippen MR) is 83.1 cm³/mol. The lowest BCUT2D eigenvalue weighted by Crippen LogP contribution is -2.36. The largest absolute Gasteiger partial charge is 0.383 e. The first kappa shape index (κ1) is 16.3. The van der Waals surface area contributed by atoms with Crippen LogP contribution in [-0.2, 0) is 9.47 Å². The van der Waals surface area contributed by atoms with Crippen LogP contribution < -0.4 is 5.32 Å². The number of hydrogen-bond donors (Lipinski definition) is 1. The topological polar surface area (TPSA) is 30.5 Å². The van der Waals surface area contributed by atoms with Gasteiger partial charge in [-0.05, 0) is 43.9 Å². The minimum absolute atomic E-state index is 0.281. The molecule has 0 radical (unpaired) electrons. The van der Waals surface area contributed by atoms with Gasteiger partial charge < -0.3 is 14.8 Å². The third-order valence-corrected chi connectivity index (χ3v) is 5.46. The average molecular weight is 283 g/mol. The Morgan fingerprint density at radius 1 is 1.30 bits per heavy atom. The van der Waals surface area contributed by atoms with Crippen LogP contribution >= 0.6 is 0 Å². The molecule has 0 aromatic carbocycles. The van der Waals surface area contributed by atoms with Gasteiger partial charge in [0.1, 0.15) is 0 Å².